The molecule has 0 spiro atoms. The van der Waals surface area contributed by atoms with Crippen LogP contribution in [0, 0.1) is 5.92 Å². The fraction of sp³-hybridized carbons (Fsp3) is 0.750. The number of nitrogens with zero attached hydrogens (tertiary/aromatic N) is 1. The molecule has 2 aliphatic rings. The van der Waals surface area contributed by atoms with Gasteiger partial charge in [-0.2, -0.15) is 0 Å². The maximum absolute atomic E-state index is 12.1. The number of rotatable bonds is 2. The maximum Gasteiger partial charge on any atom is 0.308 e. The van der Waals surface area contributed by atoms with E-state index in [-0.39, 0.29) is 29.7 Å². The van der Waals surface area contributed by atoms with Crippen molar-refractivity contribution in [2.75, 3.05) is 20.2 Å². The van der Waals surface area contributed by atoms with Gasteiger partial charge in [-0.15, -0.1) is 0 Å². The van der Waals surface area contributed by atoms with Crippen molar-refractivity contribution in [3.8, 4) is 0 Å². The number of esters is 1. The van der Waals surface area contributed by atoms with E-state index in [0.717, 1.165) is 0 Å². The Morgan fingerprint density at radius 2 is 1.94 bits per heavy atom. The number of hydrogen-bond acceptors (Lipinski definition) is 4. The number of carbonyl (C=O) groups excluding carboxylic acids is 3. The summed E-state index contributed by atoms with van der Waals surface area (Å²) in [4.78, 5) is 36.3. The van der Waals surface area contributed by atoms with E-state index in [1.54, 1.807) is 4.90 Å². The summed E-state index contributed by atoms with van der Waals surface area (Å²) in [6.45, 7) is 1.12. The average molecular weight is 254 g/mol. The molecule has 6 nitrogen and oxygen atoms in total. The molecule has 2 saturated heterocycles. The van der Waals surface area contributed by atoms with E-state index in [1.165, 1.54) is 7.11 Å². The minimum Gasteiger partial charge on any atom is -0.469 e. The van der Waals surface area contributed by atoms with Gasteiger partial charge in [-0.25, -0.2) is 0 Å². The highest BCUT2D eigenvalue weighted by atomic mass is 16.5. The molecule has 2 rings (SSSR count). The number of ether oxygens (including phenoxy) is 1. The van der Waals surface area contributed by atoms with Crippen molar-refractivity contribution >= 4 is 17.8 Å². The van der Waals surface area contributed by atoms with E-state index in [9.17, 15) is 14.4 Å². The molecule has 1 N–H and O–H groups in total. The van der Waals surface area contributed by atoms with Gasteiger partial charge in [0.05, 0.1) is 13.0 Å². The SMILES string of the molecule is COC(=O)C1CCN(C(=O)[C@@H]2CCC(=O)N2)CC1. The van der Waals surface area contributed by atoms with Crippen LogP contribution in [-0.2, 0) is 19.1 Å². The van der Waals surface area contributed by atoms with Crippen molar-refractivity contribution in [2.45, 2.75) is 31.7 Å². The second kappa shape index (κ2) is 5.37. The third kappa shape index (κ3) is 2.63. The highest BCUT2D eigenvalue weighted by molar-refractivity contribution is 5.91. The zero-order valence-corrected chi connectivity index (χ0v) is 10.5. The highest BCUT2D eigenvalue weighted by Gasteiger charge is 2.34. The van der Waals surface area contributed by atoms with E-state index >= 15 is 0 Å². The molecule has 0 bridgehead atoms. The average Bonchev–Trinajstić information content (AvgIpc) is 2.84. The monoisotopic (exact) mass is 254 g/mol. The Bertz CT molecular complexity index is 361. The van der Waals surface area contributed by atoms with Crippen LogP contribution in [-0.4, -0.2) is 48.9 Å². The minimum atomic E-state index is -0.368. The molecule has 0 unspecified atom stereocenters. The number of piperidine rings is 1. The summed E-state index contributed by atoms with van der Waals surface area (Å²) in [7, 11) is 1.38. The molecule has 100 valence electrons. The van der Waals surface area contributed by atoms with E-state index in [4.69, 9.17) is 4.74 Å². The maximum atomic E-state index is 12.1. The zero-order chi connectivity index (χ0) is 13.1. The summed E-state index contributed by atoms with van der Waals surface area (Å²) in [5.41, 5.74) is 0. The van der Waals surface area contributed by atoms with Gasteiger partial charge in [0, 0.05) is 19.5 Å². The number of carbonyl (C=O) groups is 3. The van der Waals surface area contributed by atoms with Crippen LogP contribution >= 0.6 is 0 Å². The first-order valence-corrected chi connectivity index (χ1v) is 6.28. The largest absolute Gasteiger partial charge is 0.469 e. The first kappa shape index (κ1) is 12.9. The lowest BCUT2D eigenvalue weighted by Crippen LogP contribution is -2.48. The summed E-state index contributed by atoms with van der Waals surface area (Å²) in [5, 5.41) is 2.67. The molecule has 6 heteroatoms. The molecule has 0 aromatic rings. The second-order valence-corrected chi connectivity index (χ2v) is 4.78. The number of methoxy groups -OCH3 is 1. The first-order chi connectivity index (χ1) is 8.61. The van der Waals surface area contributed by atoms with Crippen molar-refractivity contribution in [3.05, 3.63) is 0 Å². The van der Waals surface area contributed by atoms with E-state index in [0.29, 0.717) is 38.8 Å². The lowest BCUT2D eigenvalue weighted by Gasteiger charge is -2.32. The van der Waals surface area contributed by atoms with Crippen molar-refractivity contribution in [3.63, 3.8) is 0 Å². The summed E-state index contributed by atoms with van der Waals surface area (Å²) in [6.07, 6.45) is 2.28. The van der Waals surface area contributed by atoms with Gasteiger partial charge in [0.1, 0.15) is 6.04 Å². The van der Waals surface area contributed by atoms with Gasteiger partial charge in [0.2, 0.25) is 11.8 Å². The van der Waals surface area contributed by atoms with Crippen LogP contribution in [0.25, 0.3) is 0 Å². The molecule has 0 aliphatic carbocycles. The number of hydrogen-bond donors (Lipinski definition) is 1. The van der Waals surface area contributed by atoms with Crippen molar-refractivity contribution in [1.29, 1.82) is 0 Å². The Balaban J connectivity index is 1.84. The lowest BCUT2D eigenvalue weighted by atomic mass is 9.96. The zero-order valence-electron chi connectivity index (χ0n) is 10.5. The highest BCUT2D eigenvalue weighted by Crippen LogP contribution is 2.20. The summed E-state index contributed by atoms with van der Waals surface area (Å²) in [6, 6.07) is -0.368. The van der Waals surface area contributed by atoms with Crippen LogP contribution in [0.5, 0.6) is 0 Å². The van der Waals surface area contributed by atoms with E-state index in [2.05, 4.69) is 5.32 Å². The molecule has 0 radical (unpaired) electrons. The molecule has 1 atom stereocenters. The standard InChI is InChI=1S/C12H18N2O4/c1-18-12(17)8-4-6-14(7-5-8)11(16)9-2-3-10(15)13-9/h8-9H,2-7H2,1H3,(H,13,15)/t9-/m0/s1. The van der Waals surface area contributed by atoms with Crippen LogP contribution < -0.4 is 5.32 Å². The molecule has 0 aromatic heterocycles. The van der Waals surface area contributed by atoms with Gasteiger partial charge in [-0.3, -0.25) is 14.4 Å². The van der Waals surface area contributed by atoms with Gasteiger partial charge >= 0.3 is 5.97 Å². The van der Waals surface area contributed by atoms with Crippen LogP contribution in [0.1, 0.15) is 25.7 Å². The first-order valence-electron chi connectivity index (χ1n) is 6.28. The Kier molecular flexibility index (Phi) is 3.84. The van der Waals surface area contributed by atoms with Crippen molar-refractivity contribution < 1.29 is 19.1 Å². The van der Waals surface area contributed by atoms with Crippen LogP contribution in [0.3, 0.4) is 0 Å². The molecule has 0 saturated carbocycles. The Morgan fingerprint density at radius 1 is 1.28 bits per heavy atom. The molecule has 2 amide bonds. The molecule has 2 heterocycles. The van der Waals surface area contributed by atoms with E-state index < -0.39 is 0 Å². The molecule has 18 heavy (non-hydrogen) atoms. The molecule has 0 aromatic carbocycles. The molecule has 2 aliphatic heterocycles. The third-order valence-corrected chi connectivity index (χ3v) is 3.63. The Morgan fingerprint density at radius 3 is 2.44 bits per heavy atom. The normalized spacial score (nSPS) is 24.8. The lowest BCUT2D eigenvalue weighted by molar-refractivity contribution is -0.149. The van der Waals surface area contributed by atoms with Gasteiger partial charge in [0.15, 0.2) is 0 Å². The van der Waals surface area contributed by atoms with Gasteiger partial charge in [-0.05, 0) is 19.3 Å². The quantitative estimate of drug-likeness (QED) is 0.685. The summed E-state index contributed by atoms with van der Waals surface area (Å²) >= 11 is 0. The predicted octanol–water partition coefficient (Wildman–Crippen LogP) is -0.323. The number of amides is 2. The second-order valence-electron chi connectivity index (χ2n) is 4.78. The Hall–Kier alpha value is -1.59. The predicted molar refractivity (Wildman–Crippen MR) is 62.5 cm³/mol. The molecular formula is C12H18N2O4. The molecule has 2 fully saturated rings. The fourth-order valence-electron chi connectivity index (χ4n) is 2.52. The van der Waals surface area contributed by atoms with Crippen LogP contribution in [0.2, 0.25) is 0 Å². The smallest absolute Gasteiger partial charge is 0.308 e. The van der Waals surface area contributed by atoms with Crippen molar-refractivity contribution in [1.82, 2.24) is 10.2 Å². The van der Waals surface area contributed by atoms with Crippen molar-refractivity contribution in [2.24, 2.45) is 5.92 Å². The Labute approximate surface area is 106 Å². The van der Waals surface area contributed by atoms with Gasteiger partial charge < -0.3 is 15.0 Å². The summed E-state index contributed by atoms with van der Waals surface area (Å²) in [5.74, 6) is -0.379. The number of nitrogens with one attached hydrogen (secondary N) is 1. The molecular weight excluding hydrogens is 236 g/mol. The van der Waals surface area contributed by atoms with Gasteiger partial charge in [0.25, 0.3) is 0 Å². The van der Waals surface area contributed by atoms with Gasteiger partial charge in [-0.1, -0.05) is 0 Å². The topological polar surface area (TPSA) is 75.7 Å². The fourth-order valence-corrected chi connectivity index (χ4v) is 2.52. The van der Waals surface area contributed by atoms with Crippen LogP contribution in [0.4, 0.5) is 0 Å². The van der Waals surface area contributed by atoms with E-state index in [1.807, 2.05) is 0 Å². The third-order valence-electron chi connectivity index (χ3n) is 3.63. The summed E-state index contributed by atoms with van der Waals surface area (Å²) < 4.78 is 4.70. The minimum absolute atomic E-state index is 0.0239. The number of likely N-dealkylation sites (tertiary alicyclic amines) is 1. The van der Waals surface area contributed by atoms with Crippen LogP contribution in [0.15, 0.2) is 0 Å².